The molecule has 114 valence electrons. The lowest BCUT2D eigenvalue weighted by Gasteiger charge is -2.06. The number of nitriles is 1. The van der Waals surface area contributed by atoms with Gasteiger partial charge in [-0.2, -0.15) is 5.26 Å². The summed E-state index contributed by atoms with van der Waals surface area (Å²) in [4.78, 5) is 16.0. The molecule has 1 aromatic carbocycles. The summed E-state index contributed by atoms with van der Waals surface area (Å²) in [5.74, 6) is 0.737. The van der Waals surface area contributed by atoms with Gasteiger partial charge in [-0.1, -0.05) is 18.2 Å². The average molecular weight is 307 g/mol. The Hall–Kier alpha value is -3.33. The number of benzene rings is 1. The third-order valence-corrected chi connectivity index (χ3v) is 3.16. The molecule has 0 N–H and O–H groups in total. The number of ether oxygens (including phenoxy) is 2. The second-order valence-corrected chi connectivity index (χ2v) is 4.65. The Labute approximate surface area is 132 Å². The van der Waals surface area contributed by atoms with Crippen molar-refractivity contribution in [2.24, 2.45) is 0 Å². The van der Waals surface area contributed by atoms with Gasteiger partial charge >= 0.3 is 5.97 Å². The van der Waals surface area contributed by atoms with E-state index in [0.29, 0.717) is 17.0 Å². The molecule has 0 aliphatic carbocycles. The SMILES string of the molecule is CCOC(=O)c1nc(C#N)c2cc(Oc3ccccc3)ccn12. The molecule has 6 heteroatoms. The van der Waals surface area contributed by atoms with Crippen LogP contribution in [0.25, 0.3) is 5.52 Å². The van der Waals surface area contributed by atoms with Crippen molar-refractivity contribution < 1.29 is 14.3 Å². The van der Waals surface area contributed by atoms with Crippen LogP contribution in [0.3, 0.4) is 0 Å². The molecular weight excluding hydrogens is 294 g/mol. The molecule has 23 heavy (non-hydrogen) atoms. The van der Waals surface area contributed by atoms with E-state index in [1.165, 1.54) is 4.40 Å². The summed E-state index contributed by atoms with van der Waals surface area (Å²) in [7, 11) is 0. The number of carbonyl (C=O) groups is 1. The van der Waals surface area contributed by atoms with E-state index in [0.717, 1.165) is 0 Å². The second-order valence-electron chi connectivity index (χ2n) is 4.65. The highest BCUT2D eigenvalue weighted by Gasteiger charge is 2.18. The van der Waals surface area contributed by atoms with Gasteiger partial charge in [0.2, 0.25) is 5.82 Å². The summed E-state index contributed by atoms with van der Waals surface area (Å²) in [6.07, 6.45) is 1.63. The minimum absolute atomic E-state index is 0.0738. The molecule has 0 saturated carbocycles. The standard InChI is InChI=1S/C17H13N3O3/c1-2-22-17(21)16-19-14(11-18)15-10-13(8-9-20(15)16)23-12-6-4-3-5-7-12/h3-10H,2H2,1H3. The highest BCUT2D eigenvalue weighted by molar-refractivity contribution is 5.88. The van der Waals surface area contributed by atoms with Crippen LogP contribution in [0.2, 0.25) is 0 Å². The van der Waals surface area contributed by atoms with Crippen LogP contribution in [0, 0.1) is 11.3 Å². The van der Waals surface area contributed by atoms with Gasteiger partial charge in [0.15, 0.2) is 5.69 Å². The van der Waals surface area contributed by atoms with E-state index >= 15 is 0 Å². The Morgan fingerprint density at radius 1 is 1.26 bits per heavy atom. The van der Waals surface area contributed by atoms with Gasteiger partial charge in [0.25, 0.3) is 0 Å². The van der Waals surface area contributed by atoms with Crippen molar-refractivity contribution in [2.75, 3.05) is 6.61 Å². The number of nitrogens with zero attached hydrogens (tertiary/aromatic N) is 3. The number of pyridine rings is 1. The van der Waals surface area contributed by atoms with Crippen LogP contribution in [0.15, 0.2) is 48.7 Å². The molecule has 0 saturated heterocycles. The molecule has 0 amide bonds. The van der Waals surface area contributed by atoms with Crippen LogP contribution in [0.1, 0.15) is 23.2 Å². The molecule has 0 spiro atoms. The van der Waals surface area contributed by atoms with Crippen LogP contribution >= 0.6 is 0 Å². The number of carbonyl (C=O) groups excluding carboxylic acids is 1. The van der Waals surface area contributed by atoms with Crippen molar-refractivity contribution in [3.63, 3.8) is 0 Å². The van der Waals surface area contributed by atoms with Crippen LogP contribution in [-0.4, -0.2) is 22.0 Å². The molecule has 0 atom stereocenters. The van der Waals surface area contributed by atoms with Gasteiger partial charge in [0, 0.05) is 12.3 Å². The lowest BCUT2D eigenvalue weighted by Crippen LogP contribution is -2.09. The first-order valence-electron chi connectivity index (χ1n) is 7.05. The number of imidazole rings is 1. The number of para-hydroxylation sites is 1. The van der Waals surface area contributed by atoms with E-state index in [9.17, 15) is 10.1 Å². The Morgan fingerprint density at radius 3 is 2.74 bits per heavy atom. The average Bonchev–Trinajstić information content (AvgIpc) is 2.94. The summed E-state index contributed by atoms with van der Waals surface area (Å²) < 4.78 is 12.2. The van der Waals surface area contributed by atoms with Gasteiger partial charge in [-0.25, -0.2) is 9.78 Å². The normalized spacial score (nSPS) is 10.3. The summed E-state index contributed by atoms with van der Waals surface area (Å²) in [6, 6.07) is 14.6. The number of rotatable bonds is 4. The van der Waals surface area contributed by atoms with Crippen LogP contribution in [-0.2, 0) is 4.74 Å². The lowest BCUT2D eigenvalue weighted by atomic mass is 10.3. The molecular formula is C17H13N3O3. The summed E-state index contributed by atoms with van der Waals surface area (Å²) in [5.41, 5.74) is 0.635. The molecule has 0 radical (unpaired) electrons. The second kappa shape index (κ2) is 6.20. The quantitative estimate of drug-likeness (QED) is 0.692. The maximum Gasteiger partial charge on any atom is 0.374 e. The molecule has 3 rings (SSSR count). The van der Waals surface area contributed by atoms with Gasteiger partial charge < -0.3 is 9.47 Å². The highest BCUT2D eigenvalue weighted by atomic mass is 16.5. The molecule has 0 unspecified atom stereocenters. The number of hydrogen-bond acceptors (Lipinski definition) is 5. The molecule has 3 aromatic rings. The van der Waals surface area contributed by atoms with E-state index in [1.807, 2.05) is 36.4 Å². The van der Waals surface area contributed by atoms with Gasteiger partial charge in [0.1, 0.15) is 17.6 Å². The predicted octanol–water partition coefficient (Wildman–Crippen LogP) is 3.17. The van der Waals surface area contributed by atoms with Gasteiger partial charge in [-0.15, -0.1) is 0 Å². The Morgan fingerprint density at radius 2 is 2.04 bits per heavy atom. The zero-order valence-corrected chi connectivity index (χ0v) is 12.4. The molecule has 2 heterocycles. The topological polar surface area (TPSA) is 76.6 Å². The Bertz CT molecular complexity index is 895. The molecule has 0 aliphatic heterocycles. The van der Waals surface area contributed by atoms with Gasteiger partial charge in [0.05, 0.1) is 12.1 Å². The monoisotopic (exact) mass is 307 g/mol. The van der Waals surface area contributed by atoms with E-state index in [-0.39, 0.29) is 18.1 Å². The van der Waals surface area contributed by atoms with Crippen LogP contribution in [0.5, 0.6) is 11.5 Å². The smallest absolute Gasteiger partial charge is 0.374 e. The first-order valence-corrected chi connectivity index (χ1v) is 7.05. The zero-order valence-electron chi connectivity index (χ0n) is 12.4. The fourth-order valence-corrected chi connectivity index (χ4v) is 2.17. The number of fused-ring (bicyclic) bond motifs is 1. The van der Waals surface area contributed by atoms with Gasteiger partial charge in [-0.3, -0.25) is 4.40 Å². The maximum absolute atomic E-state index is 11.9. The summed E-state index contributed by atoms with van der Waals surface area (Å²) in [5, 5.41) is 9.22. The van der Waals surface area contributed by atoms with Gasteiger partial charge in [-0.05, 0) is 25.1 Å². The van der Waals surface area contributed by atoms with E-state index in [1.54, 1.807) is 25.3 Å². The largest absolute Gasteiger partial charge is 0.460 e. The maximum atomic E-state index is 11.9. The number of esters is 1. The van der Waals surface area contributed by atoms with Crippen molar-refractivity contribution in [2.45, 2.75) is 6.92 Å². The fraction of sp³-hybridized carbons (Fsp3) is 0.118. The molecule has 0 fully saturated rings. The van der Waals surface area contributed by atoms with E-state index < -0.39 is 5.97 Å². The van der Waals surface area contributed by atoms with Crippen LogP contribution < -0.4 is 4.74 Å². The minimum Gasteiger partial charge on any atom is -0.460 e. The molecule has 6 nitrogen and oxygen atoms in total. The van der Waals surface area contributed by atoms with Crippen molar-refractivity contribution in [1.82, 2.24) is 9.38 Å². The highest BCUT2D eigenvalue weighted by Crippen LogP contribution is 2.24. The summed E-state index contributed by atoms with van der Waals surface area (Å²) >= 11 is 0. The van der Waals surface area contributed by atoms with Crippen molar-refractivity contribution in [3.05, 3.63) is 60.2 Å². The summed E-state index contributed by atoms with van der Waals surface area (Å²) in [6.45, 7) is 1.95. The van der Waals surface area contributed by atoms with E-state index in [4.69, 9.17) is 9.47 Å². The number of hydrogen-bond donors (Lipinski definition) is 0. The third kappa shape index (κ3) is 2.85. The molecule has 0 bridgehead atoms. The molecule has 2 aromatic heterocycles. The fourth-order valence-electron chi connectivity index (χ4n) is 2.17. The van der Waals surface area contributed by atoms with Crippen molar-refractivity contribution in [3.8, 4) is 17.6 Å². The zero-order chi connectivity index (χ0) is 16.2. The Kier molecular flexibility index (Phi) is 3.93. The first kappa shape index (κ1) is 14.6. The van der Waals surface area contributed by atoms with Crippen molar-refractivity contribution >= 4 is 11.5 Å². The number of aromatic nitrogens is 2. The predicted molar refractivity (Wildman–Crippen MR) is 82.4 cm³/mol. The Balaban J connectivity index is 2.03. The van der Waals surface area contributed by atoms with E-state index in [2.05, 4.69) is 4.98 Å². The van der Waals surface area contributed by atoms with Crippen molar-refractivity contribution in [1.29, 1.82) is 5.26 Å². The first-order chi connectivity index (χ1) is 11.2. The molecule has 0 aliphatic rings. The minimum atomic E-state index is -0.569. The lowest BCUT2D eigenvalue weighted by molar-refractivity contribution is 0.0511. The third-order valence-electron chi connectivity index (χ3n) is 3.16. The van der Waals surface area contributed by atoms with Crippen LogP contribution in [0.4, 0.5) is 0 Å².